The lowest BCUT2D eigenvalue weighted by atomic mass is 10.1. The molecule has 0 spiro atoms. The third-order valence-corrected chi connectivity index (χ3v) is 7.36. The second kappa shape index (κ2) is 11.1. The monoisotopic (exact) mass is 499 g/mol. The van der Waals surface area contributed by atoms with Crippen LogP contribution in [0.15, 0.2) is 40.5 Å². The molecule has 0 saturated carbocycles. The maximum Gasteiger partial charge on any atom is 0.280 e. The maximum atomic E-state index is 13.2. The number of rotatable bonds is 10. The summed E-state index contributed by atoms with van der Waals surface area (Å²) in [6, 6.07) is 5.76. The molecule has 10 nitrogen and oxygen atoms in total. The second-order valence-corrected chi connectivity index (χ2v) is 10.6. The molecule has 2 heterocycles. The average molecular weight is 500 g/mol. The number of amides is 1. The molecule has 1 atom stereocenters. The zero-order valence-corrected chi connectivity index (χ0v) is 20.2. The molecule has 0 radical (unpaired) electrons. The number of thiazole rings is 1. The maximum absolute atomic E-state index is 13.2. The van der Waals surface area contributed by atoms with Crippen molar-refractivity contribution in [2.45, 2.75) is 17.4 Å². The van der Waals surface area contributed by atoms with E-state index in [4.69, 9.17) is 9.57 Å². The first kappa shape index (κ1) is 25.2. The Morgan fingerprint density at radius 3 is 2.61 bits per heavy atom. The van der Waals surface area contributed by atoms with E-state index in [-0.39, 0.29) is 21.8 Å². The van der Waals surface area contributed by atoms with Gasteiger partial charge in [-0.05, 0) is 26.2 Å². The summed E-state index contributed by atoms with van der Waals surface area (Å²) in [6.45, 7) is 1.79. The van der Waals surface area contributed by atoms with E-state index in [0.29, 0.717) is 49.6 Å². The van der Waals surface area contributed by atoms with Gasteiger partial charge in [-0.1, -0.05) is 28.6 Å². The molecule has 1 N–H and O–H groups in total. The highest BCUT2D eigenvalue weighted by Gasteiger charge is 2.24. The summed E-state index contributed by atoms with van der Waals surface area (Å²) >= 11 is 0.674. The number of hydrogen-bond acceptors (Lipinski definition) is 9. The number of ether oxygens (including phenoxy) is 1. The van der Waals surface area contributed by atoms with Gasteiger partial charge in [-0.3, -0.25) is 10.1 Å². The Labute approximate surface area is 196 Å². The molecule has 1 saturated heterocycles. The normalized spacial score (nSPS) is 17.0. The summed E-state index contributed by atoms with van der Waals surface area (Å²) in [7, 11) is 1.54. The van der Waals surface area contributed by atoms with Crippen molar-refractivity contribution >= 4 is 38.1 Å². The van der Waals surface area contributed by atoms with E-state index in [9.17, 15) is 17.6 Å². The van der Waals surface area contributed by atoms with Gasteiger partial charge in [0.05, 0.1) is 24.3 Å². The van der Waals surface area contributed by atoms with Crippen LogP contribution in [0.2, 0.25) is 0 Å². The van der Waals surface area contributed by atoms with Crippen molar-refractivity contribution < 1.29 is 27.2 Å². The molecule has 2 aromatic rings. The van der Waals surface area contributed by atoms with Crippen LogP contribution in [0, 0.1) is 5.13 Å². The molecular weight excluding hydrogens is 473 g/mol. The third kappa shape index (κ3) is 6.77. The fourth-order valence-electron chi connectivity index (χ4n) is 2.84. The number of nitrogens with one attached hydrogen (secondary N) is 1. The standard InChI is InChI=1S/C20H26FN5O5S2/c1-25(2)9-10-26(3)33(28,29)16-6-4-14(5-7-16)18(24-31-15-8-11-30-13-15)19(27)23-20-22-12-17(21)32-20/h4-7,12,15H,8-11,13H2,1-3H3,(H,22,23,27)/b24-18+/t15-/m1/s1. The van der Waals surface area contributed by atoms with Crippen LogP contribution in [-0.4, -0.2) is 87.8 Å². The number of aromatic nitrogens is 1. The van der Waals surface area contributed by atoms with Gasteiger partial charge in [-0.2, -0.15) is 8.70 Å². The lowest BCUT2D eigenvalue weighted by molar-refractivity contribution is -0.110. The van der Waals surface area contributed by atoms with Gasteiger partial charge in [0.15, 0.2) is 22.1 Å². The van der Waals surface area contributed by atoms with Crippen molar-refractivity contribution in [3.05, 3.63) is 41.2 Å². The van der Waals surface area contributed by atoms with Crippen LogP contribution in [0.3, 0.4) is 0 Å². The first-order valence-corrected chi connectivity index (χ1v) is 12.4. The first-order chi connectivity index (χ1) is 15.7. The number of carbonyl (C=O) groups is 1. The van der Waals surface area contributed by atoms with Crippen molar-refractivity contribution in [1.82, 2.24) is 14.2 Å². The number of halogens is 1. The third-order valence-electron chi connectivity index (χ3n) is 4.79. The van der Waals surface area contributed by atoms with Crippen LogP contribution < -0.4 is 5.32 Å². The summed E-state index contributed by atoms with van der Waals surface area (Å²) in [4.78, 5) is 24.0. The smallest absolute Gasteiger partial charge is 0.280 e. The minimum absolute atomic E-state index is 0.0658. The van der Waals surface area contributed by atoms with Crippen LogP contribution >= 0.6 is 11.3 Å². The molecule has 33 heavy (non-hydrogen) atoms. The number of sulfonamides is 1. The molecule has 1 aliphatic rings. The van der Waals surface area contributed by atoms with Crippen molar-refractivity contribution in [2.75, 3.05) is 52.8 Å². The minimum Gasteiger partial charge on any atom is -0.389 e. The summed E-state index contributed by atoms with van der Waals surface area (Å²) in [5.74, 6) is -0.665. The quantitative estimate of drug-likeness (QED) is 0.390. The zero-order valence-electron chi connectivity index (χ0n) is 18.5. The van der Waals surface area contributed by atoms with Crippen molar-refractivity contribution in [3.63, 3.8) is 0 Å². The van der Waals surface area contributed by atoms with E-state index in [1.165, 1.54) is 35.6 Å². The predicted octanol–water partition coefficient (Wildman–Crippen LogP) is 1.61. The van der Waals surface area contributed by atoms with Crippen LogP contribution in [0.25, 0.3) is 0 Å². The van der Waals surface area contributed by atoms with Crippen LogP contribution in [0.5, 0.6) is 0 Å². The summed E-state index contributed by atoms with van der Waals surface area (Å²) < 4.78 is 45.4. The Morgan fingerprint density at radius 2 is 2.03 bits per heavy atom. The predicted molar refractivity (Wildman–Crippen MR) is 122 cm³/mol. The topological polar surface area (TPSA) is 113 Å². The largest absolute Gasteiger partial charge is 0.389 e. The number of nitrogens with zero attached hydrogens (tertiary/aromatic N) is 4. The molecule has 1 aromatic carbocycles. The van der Waals surface area contributed by atoms with Gasteiger partial charge in [0, 0.05) is 32.1 Å². The molecule has 180 valence electrons. The molecule has 3 rings (SSSR count). The van der Waals surface area contributed by atoms with Gasteiger partial charge in [0.1, 0.15) is 0 Å². The Morgan fingerprint density at radius 1 is 1.30 bits per heavy atom. The molecule has 0 unspecified atom stereocenters. The Balaban J connectivity index is 1.82. The highest BCUT2D eigenvalue weighted by molar-refractivity contribution is 7.89. The van der Waals surface area contributed by atoms with Crippen LogP contribution in [0.1, 0.15) is 12.0 Å². The van der Waals surface area contributed by atoms with Crippen molar-refractivity contribution in [1.29, 1.82) is 0 Å². The van der Waals surface area contributed by atoms with Crippen LogP contribution in [-0.2, 0) is 24.4 Å². The Hall–Kier alpha value is -2.45. The number of oxime groups is 1. The van der Waals surface area contributed by atoms with E-state index >= 15 is 0 Å². The van der Waals surface area contributed by atoms with Gasteiger partial charge in [-0.25, -0.2) is 13.4 Å². The van der Waals surface area contributed by atoms with Crippen molar-refractivity contribution in [2.24, 2.45) is 5.16 Å². The molecule has 0 bridgehead atoms. The number of carbonyl (C=O) groups excluding carboxylic acids is 1. The molecule has 0 aliphatic carbocycles. The van der Waals surface area contributed by atoms with Crippen molar-refractivity contribution in [3.8, 4) is 0 Å². The fourth-order valence-corrected chi connectivity index (χ4v) is 4.54. The highest BCUT2D eigenvalue weighted by atomic mass is 32.2. The molecule has 1 aliphatic heterocycles. The van der Waals surface area contributed by atoms with E-state index < -0.39 is 21.1 Å². The Bertz CT molecular complexity index is 1080. The highest BCUT2D eigenvalue weighted by Crippen LogP contribution is 2.19. The van der Waals surface area contributed by atoms with Gasteiger partial charge in [-0.15, -0.1) is 0 Å². The first-order valence-electron chi connectivity index (χ1n) is 10.1. The van der Waals surface area contributed by atoms with E-state index in [2.05, 4.69) is 15.5 Å². The molecule has 1 fully saturated rings. The SMILES string of the molecule is CN(C)CCN(C)S(=O)(=O)c1ccc(/C(=N\O[C@@H]2CCOC2)C(=O)Nc2ncc(F)s2)cc1. The van der Waals surface area contributed by atoms with Crippen LogP contribution in [0.4, 0.5) is 9.52 Å². The lowest BCUT2D eigenvalue weighted by Gasteiger charge is -2.19. The number of benzene rings is 1. The number of likely N-dealkylation sites (N-methyl/N-ethyl adjacent to an activating group) is 2. The number of hydrogen-bond donors (Lipinski definition) is 1. The molecule has 13 heteroatoms. The van der Waals surface area contributed by atoms with E-state index in [0.717, 1.165) is 6.20 Å². The number of anilines is 1. The average Bonchev–Trinajstić information content (AvgIpc) is 3.44. The fraction of sp³-hybridized carbons (Fsp3) is 0.450. The van der Waals surface area contributed by atoms with E-state index in [1.54, 1.807) is 0 Å². The summed E-state index contributed by atoms with van der Waals surface area (Å²) in [5, 5.41) is 6.00. The second-order valence-electron chi connectivity index (χ2n) is 7.61. The molecular formula is C20H26FN5O5S2. The molecule has 1 aromatic heterocycles. The van der Waals surface area contributed by atoms with E-state index in [1.807, 2.05) is 19.0 Å². The molecule has 1 amide bonds. The Kier molecular flexibility index (Phi) is 8.48. The van der Waals surface area contributed by atoms with Gasteiger partial charge in [0.2, 0.25) is 10.0 Å². The summed E-state index contributed by atoms with van der Waals surface area (Å²) in [5.41, 5.74) is 0.237. The zero-order chi connectivity index (χ0) is 24.0. The van der Waals surface area contributed by atoms with Gasteiger partial charge >= 0.3 is 0 Å². The minimum atomic E-state index is -3.70. The summed E-state index contributed by atoms with van der Waals surface area (Å²) in [6.07, 6.45) is 1.33. The lowest BCUT2D eigenvalue weighted by Crippen LogP contribution is -2.33. The van der Waals surface area contributed by atoms with Gasteiger partial charge < -0.3 is 14.5 Å². The van der Waals surface area contributed by atoms with Gasteiger partial charge in [0.25, 0.3) is 5.91 Å².